The Morgan fingerprint density at radius 2 is 1.81 bits per heavy atom. The fourth-order valence-electron chi connectivity index (χ4n) is 2.67. The smallest absolute Gasteiger partial charge is 0.0512 e. The number of unbranched alkanes of at least 4 members (excludes halogenated alkanes) is 1. The normalized spacial score (nSPS) is 28.3. The quantitative estimate of drug-likeness (QED) is 0.705. The van der Waals surface area contributed by atoms with Gasteiger partial charge in [-0.05, 0) is 71.4 Å². The molecule has 0 heterocycles. The van der Waals surface area contributed by atoms with Gasteiger partial charge in [-0.25, -0.2) is 0 Å². The van der Waals surface area contributed by atoms with E-state index in [0.29, 0.717) is 0 Å². The maximum absolute atomic E-state index is 9.18. The van der Waals surface area contributed by atoms with Crippen LogP contribution in [0, 0.1) is 5.92 Å². The molecule has 0 aromatic rings. The molecule has 0 radical (unpaired) electrons. The molecule has 0 spiro atoms. The highest BCUT2D eigenvalue weighted by Crippen LogP contribution is 2.26. The molecule has 2 heteroatoms. The van der Waals surface area contributed by atoms with Crippen molar-refractivity contribution < 1.29 is 5.11 Å². The van der Waals surface area contributed by atoms with E-state index in [9.17, 15) is 5.11 Å². The van der Waals surface area contributed by atoms with E-state index in [4.69, 9.17) is 0 Å². The summed E-state index contributed by atoms with van der Waals surface area (Å²) < 4.78 is 0. The Labute approximate surface area is 101 Å². The molecular weight excluding hydrogens is 198 g/mol. The minimum Gasteiger partial charge on any atom is -0.393 e. The molecule has 16 heavy (non-hydrogen) atoms. The van der Waals surface area contributed by atoms with E-state index < -0.39 is 0 Å². The zero-order chi connectivity index (χ0) is 12.0. The van der Waals surface area contributed by atoms with Gasteiger partial charge in [0.2, 0.25) is 0 Å². The third-order valence-electron chi connectivity index (χ3n) is 3.99. The van der Waals surface area contributed by atoms with E-state index in [0.717, 1.165) is 24.8 Å². The summed E-state index contributed by atoms with van der Waals surface area (Å²) in [6.07, 6.45) is 8.79. The second-order valence-corrected chi connectivity index (χ2v) is 5.74. The van der Waals surface area contributed by atoms with E-state index in [-0.39, 0.29) is 6.10 Å². The van der Waals surface area contributed by atoms with Gasteiger partial charge in [-0.1, -0.05) is 6.92 Å². The largest absolute Gasteiger partial charge is 0.393 e. The van der Waals surface area contributed by atoms with Gasteiger partial charge in [0.05, 0.1) is 6.10 Å². The zero-order valence-electron chi connectivity index (χ0n) is 11.3. The minimum absolute atomic E-state index is 0.124. The average Bonchev–Trinajstić information content (AvgIpc) is 2.25. The first-order valence-corrected chi connectivity index (χ1v) is 6.98. The number of aliphatic hydroxyl groups excluding tert-OH is 1. The predicted molar refractivity (Wildman–Crippen MR) is 69.6 cm³/mol. The second kappa shape index (κ2) is 7.29. The number of rotatable bonds is 6. The first-order valence-electron chi connectivity index (χ1n) is 6.98. The van der Waals surface area contributed by atoms with Crippen LogP contribution >= 0.6 is 0 Å². The maximum atomic E-state index is 9.18. The molecule has 0 bridgehead atoms. The Morgan fingerprint density at radius 3 is 2.38 bits per heavy atom. The number of hydrogen-bond donors (Lipinski definition) is 1. The van der Waals surface area contributed by atoms with Gasteiger partial charge in [0.25, 0.3) is 0 Å². The standard InChI is InChI=1S/C14H29NO/c1-12-7-9-14(10-8-12)15(3)11-5-4-6-13(2)16/h12-14,16H,4-11H2,1-3H3. The van der Waals surface area contributed by atoms with Crippen molar-refractivity contribution in [1.29, 1.82) is 0 Å². The fraction of sp³-hybridized carbons (Fsp3) is 1.00. The molecule has 0 aromatic carbocycles. The fourth-order valence-corrected chi connectivity index (χ4v) is 2.67. The van der Waals surface area contributed by atoms with Crippen LogP contribution in [0.4, 0.5) is 0 Å². The predicted octanol–water partition coefficient (Wildman–Crippen LogP) is 3.05. The summed E-state index contributed by atoms with van der Waals surface area (Å²) >= 11 is 0. The third-order valence-corrected chi connectivity index (χ3v) is 3.99. The highest BCUT2D eigenvalue weighted by molar-refractivity contribution is 4.76. The first-order chi connectivity index (χ1) is 7.59. The van der Waals surface area contributed by atoms with Crippen molar-refractivity contribution in [2.75, 3.05) is 13.6 Å². The third kappa shape index (κ3) is 5.31. The van der Waals surface area contributed by atoms with Crippen LogP contribution in [0.15, 0.2) is 0 Å². The van der Waals surface area contributed by atoms with Crippen LogP contribution in [0.1, 0.15) is 58.8 Å². The summed E-state index contributed by atoms with van der Waals surface area (Å²) in [5.41, 5.74) is 0. The molecule has 1 unspecified atom stereocenters. The molecule has 1 rings (SSSR count). The van der Waals surface area contributed by atoms with Crippen LogP contribution in [-0.4, -0.2) is 35.7 Å². The van der Waals surface area contributed by atoms with E-state index in [1.54, 1.807) is 0 Å². The van der Waals surface area contributed by atoms with Gasteiger partial charge < -0.3 is 10.0 Å². The van der Waals surface area contributed by atoms with Gasteiger partial charge in [0.15, 0.2) is 0 Å². The molecular formula is C14H29NO. The molecule has 0 saturated heterocycles. The lowest BCUT2D eigenvalue weighted by molar-refractivity contribution is 0.157. The molecule has 1 aliphatic carbocycles. The Morgan fingerprint density at radius 1 is 1.19 bits per heavy atom. The maximum Gasteiger partial charge on any atom is 0.0512 e. The molecule has 1 aliphatic rings. The first kappa shape index (κ1) is 14.0. The SMILES string of the molecule is CC(O)CCCCN(C)C1CCC(C)CC1. The molecule has 0 amide bonds. The van der Waals surface area contributed by atoms with Crippen molar-refractivity contribution in [3.8, 4) is 0 Å². The second-order valence-electron chi connectivity index (χ2n) is 5.74. The number of hydrogen-bond acceptors (Lipinski definition) is 2. The Kier molecular flexibility index (Phi) is 6.37. The lowest BCUT2D eigenvalue weighted by Gasteiger charge is -2.33. The van der Waals surface area contributed by atoms with Crippen molar-refractivity contribution >= 4 is 0 Å². The number of aliphatic hydroxyl groups is 1. The molecule has 2 nitrogen and oxygen atoms in total. The van der Waals surface area contributed by atoms with E-state index in [1.165, 1.54) is 38.6 Å². The molecule has 96 valence electrons. The Hall–Kier alpha value is -0.0800. The van der Waals surface area contributed by atoms with E-state index in [1.807, 2.05) is 6.92 Å². The van der Waals surface area contributed by atoms with Crippen molar-refractivity contribution in [3.63, 3.8) is 0 Å². The van der Waals surface area contributed by atoms with Crippen LogP contribution in [0.2, 0.25) is 0 Å². The topological polar surface area (TPSA) is 23.5 Å². The van der Waals surface area contributed by atoms with Gasteiger partial charge in [-0.3, -0.25) is 0 Å². The monoisotopic (exact) mass is 227 g/mol. The lowest BCUT2D eigenvalue weighted by atomic mass is 9.87. The highest BCUT2D eigenvalue weighted by atomic mass is 16.3. The van der Waals surface area contributed by atoms with Crippen molar-refractivity contribution in [1.82, 2.24) is 4.90 Å². The van der Waals surface area contributed by atoms with Crippen LogP contribution in [0.3, 0.4) is 0 Å². The van der Waals surface area contributed by atoms with Crippen LogP contribution < -0.4 is 0 Å². The van der Waals surface area contributed by atoms with Crippen LogP contribution in [-0.2, 0) is 0 Å². The van der Waals surface area contributed by atoms with Gasteiger partial charge in [0.1, 0.15) is 0 Å². The van der Waals surface area contributed by atoms with Crippen LogP contribution in [0.25, 0.3) is 0 Å². The Balaban J connectivity index is 2.08. The number of nitrogens with zero attached hydrogens (tertiary/aromatic N) is 1. The zero-order valence-corrected chi connectivity index (χ0v) is 11.3. The Bertz CT molecular complexity index is 174. The molecule has 0 aliphatic heterocycles. The van der Waals surface area contributed by atoms with Crippen LogP contribution in [0.5, 0.6) is 0 Å². The summed E-state index contributed by atoms with van der Waals surface area (Å²) in [7, 11) is 2.27. The van der Waals surface area contributed by atoms with Gasteiger partial charge >= 0.3 is 0 Å². The summed E-state index contributed by atoms with van der Waals surface area (Å²) in [4.78, 5) is 2.54. The van der Waals surface area contributed by atoms with Crippen molar-refractivity contribution in [3.05, 3.63) is 0 Å². The molecule has 1 saturated carbocycles. The minimum atomic E-state index is -0.124. The highest BCUT2D eigenvalue weighted by Gasteiger charge is 2.20. The summed E-state index contributed by atoms with van der Waals surface area (Å²) in [5, 5.41) is 9.18. The summed E-state index contributed by atoms with van der Waals surface area (Å²) in [5.74, 6) is 0.944. The van der Waals surface area contributed by atoms with Crippen molar-refractivity contribution in [2.24, 2.45) is 5.92 Å². The summed E-state index contributed by atoms with van der Waals surface area (Å²) in [6.45, 7) is 5.46. The molecule has 1 atom stereocenters. The van der Waals surface area contributed by atoms with E-state index in [2.05, 4.69) is 18.9 Å². The van der Waals surface area contributed by atoms with E-state index >= 15 is 0 Å². The summed E-state index contributed by atoms with van der Waals surface area (Å²) in [6, 6.07) is 0.822. The van der Waals surface area contributed by atoms with Crippen molar-refractivity contribution in [2.45, 2.75) is 70.9 Å². The average molecular weight is 227 g/mol. The van der Waals surface area contributed by atoms with Gasteiger partial charge in [-0.2, -0.15) is 0 Å². The van der Waals surface area contributed by atoms with Gasteiger partial charge in [0, 0.05) is 6.04 Å². The molecule has 0 aromatic heterocycles. The van der Waals surface area contributed by atoms with Gasteiger partial charge in [-0.15, -0.1) is 0 Å². The molecule has 1 fully saturated rings. The lowest BCUT2D eigenvalue weighted by Crippen LogP contribution is -2.35. The molecule has 1 N–H and O–H groups in total.